The van der Waals surface area contributed by atoms with Gasteiger partial charge >= 0.3 is 0 Å². The predicted molar refractivity (Wildman–Crippen MR) is 91.2 cm³/mol. The molecular weight excluding hydrogens is 304 g/mol. The molecule has 0 bridgehead atoms. The van der Waals surface area contributed by atoms with Crippen LogP contribution < -0.4 is 4.90 Å². The fraction of sp³-hybridized carbons (Fsp3) is 0.467. The molecular formula is C15H20N2O2S2. The minimum atomic E-state index is 0.0756. The lowest BCUT2D eigenvalue weighted by molar-refractivity contribution is -0.116. The molecule has 0 fully saturated rings. The molecule has 0 aliphatic heterocycles. The number of para-hydroxylation sites is 1. The fourth-order valence-electron chi connectivity index (χ4n) is 1.87. The summed E-state index contributed by atoms with van der Waals surface area (Å²) in [4.78, 5) is 18.6. The second-order valence-electron chi connectivity index (χ2n) is 4.91. The summed E-state index contributed by atoms with van der Waals surface area (Å²) in [7, 11) is 0. The Morgan fingerprint density at radius 2 is 2.24 bits per heavy atom. The maximum absolute atomic E-state index is 12.3. The summed E-state index contributed by atoms with van der Waals surface area (Å²) in [6, 6.07) is 7.92. The number of hydrogen-bond acceptors (Lipinski definition) is 5. The number of aromatic nitrogens is 1. The van der Waals surface area contributed by atoms with Crippen molar-refractivity contribution in [2.45, 2.75) is 13.8 Å². The number of thiazole rings is 1. The van der Waals surface area contributed by atoms with Crippen molar-refractivity contribution in [3.05, 3.63) is 24.3 Å². The van der Waals surface area contributed by atoms with Crippen molar-refractivity contribution in [3.8, 4) is 0 Å². The third kappa shape index (κ3) is 4.18. The molecule has 2 aromatic rings. The van der Waals surface area contributed by atoms with Crippen LogP contribution in [0.4, 0.5) is 5.13 Å². The van der Waals surface area contributed by atoms with Crippen molar-refractivity contribution < 1.29 is 9.90 Å². The Kier molecular flexibility index (Phi) is 6.02. The summed E-state index contributed by atoms with van der Waals surface area (Å²) in [6.45, 7) is 4.72. The molecule has 0 aliphatic carbocycles. The van der Waals surface area contributed by atoms with Crippen LogP contribution in [0.2, 0.25) is 0 Å². The smallest absolute Gasteiger partial charge is 0.238 e. The van der Waals surface area contributed by atoms with Gasteiger partial charge in [0.05, 0.1) is 16.0 Å². The third-order valence-electron chi connectivity index (χ3n) is 3.07. The maximum Gasteiger partial charge on any atom is 0.238 e. The maximum atomic E-state index is 12.3. The van der Waals surface area contributed by atoms with Gasteiger partial charge in [-0.25, -0.2) is 4.98 Å². The van der Waals surface area contributed by atoms with Gasteiger partial charge in [-0.2, -0.15) is 11.8 Å². The van der Waals surface area contributed by atoms with Crippen LogP contribution in [0, 0.1) is 5.92 Å². The summed E-state index contributed by atoms with van der Waals surface area (Å²) < 4.78 is 1.10. The Bertz CT molecular complexity index is 567. The van der Waals surface area contributed by atoms with Crippen LogP contribution in [0.15, 0.2) is 24.3 Å². The van der Waals surface area contributed by atoms with Crippen LogP contribution in [0.3, 0.4) is 0 Å². The van der Waals surface area contributed by atoms with Crippen molar-refractivity contribution in [2.75, 3.05) is 29.6 Å². The Morgan fingerprint density at radius 3 is 2.90 bits per heavy atom. The first-order valence-corrected chi connectivity index (χ1v) is 8.97. The van der Waals surface area contributed by atoms with E-state index in [0.717, 1.165) is 21.1 Å². The third-order valence-corrected chi connectivity index (χ3v) is 5.39. The number of benzene rings is 1. The second kappa shape index (κ2) is 7.77. The van der Waals surface area contributed by atoms with Crippen LogP contribution in [-0.4, -0.2) is 40.7 Å². The number of thioether (sulfide) groups is 1. The molecule has 0 spiro atoms. The van der Waals surface area contributed by atoms with Gasteiger partial charge < -0.3 is 5.11 Å². The minimum Gasteiger partial charge on any atom is -0.396 e. The average Bonchev–Trinajstić information content (AvgIpc) is 2.91. The zero-order valence-corrected chi connectivity index (χ0v) is 13.9. The summed E-state index contributed by atoms with van der Waals surface area (Å²) in [6.07, 6.45) is 0. The highest BCUT2D eigenvalue weighted by atomic mass is 32.2. The normalized spacial score (nSPS) is 12.5. The van der Waals surface area contributed by atoms with Gasteiger partial charge in [0.2, 0.25) is 5.91 Å². The van der Waals surface area contributed by atoms with Gasteiger partial charge in [-0.3, -0.25) is 9.69 Å². The molecule has 0 radical (unpaired) electrons. The Balaban J connectivity index is 2.02. The van der Waals surface area contributed by atoms with E-state index in [2.05, 4.69) is 4.98 Å². The molecule has 2 rings (SSSR count). The van der Waals surface area contributed by atoms with Gasteiger partial charge in [-0.15, -0.1) is 0 Å². The number of hydrogen-bond donors (Lipinski definition) is 1. The molecule has 4 nitrogen and oxygen atoms in total. The number of rotatable bonds is 7. The van der Waals surface area contributed by atoms with E-state index in [1.165, 1.54) is 0 Å². The Morgan fingerprint density at radius 1 is 1.48 bits per heavy atom. The van der Waals surface area contributed by atoms with E-state index < -0.39 is 0 Å². The number of carbonyl (C=O) groups excluding carboxylic acids is 1. The van der Waals surface area contributed by atoms with E-state index >= 15 is 0 Å². The van der Waals surface area contributed by atoms with E-state index in [-0.39, 0.29) is 18.4 Å². The molecule has 1 N–H and O–H groups in total. The number of aliphatic hydroxyl groups excluding tert-OH is 1. The average molecular weight is 324 g/mol. The highest BCUT2D eigenvalue weighted by Crippen LogP contribution is 2.28. The highest BCUT2D eigenvalue weighted by Gasteiger charge is 2.18. The number of anilines is 1. The van der Waals surface area contributed by atoms with Crippen molar-refractivity contribution in [1.29, 1.82) is 0 Å². The predicted octanol–water partition coefficient (Wildman–Crippen LogP) is 3.01. The molecule has 1 aromatic carbocycles. The lowest BCUT2D eigenvalue weighted by Gasteiger charge is -2.17. The van der Waals surface area contributed by atoms with Crippen LogP contribution >= 0.6 is 23.1 Å². The number of aliphatic hydroxyl groups is 1. The van der Waals surface area contributed by atoms with Crippen LogP contribution in [-0.2, 0) is 4.79 Å². The van der Waals surface area contributed by atoms with E-state index in [1.807, 2.05) is 38.1 Å². The SMILES string of the molecule is CCN(C(=O)CSCC(C)CO)c1nc2ccccc2s1. The molecule has 0 aliphatic rings. The second-order valence-corrected chi connectivity index (χ2v) is 6.94. The van der Waals surface area contributed by atoms with Gasteiger partial charge in [-0.05, 0) is 30.7 Å². The van der Waals surface area contributed by atoms with Crippen molar-refractivity contribution in [2.24, 2.45) is 5.92 Å². The Hall–Kier alpha value is -1.11. The molecule has 0 saturated heterocycles. The zero-order valence-electron chi connectivity index (χ0n) is 12.3. The van der Waals surface area contributed by atoms with Gasteiger partial charge in [0.15, 0.2) is 5.13 Å². The van der Waals surface area contributed by atoms with Crippen LogP contribution in [0.1, 0.15) is 13.8 Å². The molecule has 1 amide bonds. The van der Waals surface area contributed by atoms with Crippen molar-refractivity contribution >= 4 is 44.4 Å². The summed E-state index contributed by atoms with van der Waals surface area (Å²) >= 11 is 3.11. The van der Waals surface area contributed by atoms with Crippen LogP contribution in [0.25, 0.3) is 10.2 Å². The lowest BCUT2D eigenvalue weighted by atomic mass is 10.2. The first kappa shape index (κ1) is 16.3. The van der Waals surface area contributed by atoms with Gasteiger partial charge in [0.25, 0.3) is 0 Å². The minimum absolute atomic E-state index is 0.0756. The number of nitrogens with zero attached hydrogens (tertiary/aromatic N) is 2. The van der Waals surface area contributed by atoms with Crippen molar-refractivity contribution in [1.82, 2.24) is 4.98 Å². The number of fused-ring (bicyclic) bond motifs is 1. The van der Waals surface area contributed by atoms with E-state index in [0.29, 0.717) is 12.3 Å². The quantitative estimate of drug-likeness (QED) is 0.850. The monoisotopic (exact) mass is 324 g/mol. The number of amides is 1. The molecule has 1 aromatic heterocycles. The largest absolute Gasteiger partial charge is 0.396 e. The summed E-state index contributed by atoms with van der Waals surface area (Å²) in [5, 5.41) is 9.76. The van der Waals surface area contributed by atoms with Gasteiger partial charge in [0, 0.05) is 13.2 Å². The molecule has 1 atom stereocenters. The van der Waals surface area contributed by atoms with Gasteiger partial charge in [0.1, 0.15) is 0 Å². The topological polar surface area (TPSA) is 53.4 Å². The van der Waals surface area contributed by atoms with E-state index in [9.17, 15) is 4.79 Å². The molecule has 114 valence electrons. The van der Waals surface area contributed by atoms with E-state index in [1.54, 1.807) is 28.0 Å². The number of carbonyl (C=O) groups is 1. The Labute approximate surface area is 133 Å². The molecule has 6 heteroatoms. The zero-order chi connectivity index (χ0) is 15.2. The van der Waals surface area contributed by atoms with Gasteiger partial charge in [-0.1, -0.05) is 30.4 Å². The molecule has 21 heavy (non-hydrogen) atoms. The highest BCUT2D eigenvalue weighted by molar-refractivity contribution is 7.99. The summed E-state index contributed by atoms with van der Waals surface area (Å²) in [5.74, 6) is 1.51. The lowest BCUT2D eigenvalue weighted by Crippen LogP contribution is -2.32. The fourth-order valence-corrected chi connectivity index (χ4v) is 3.87. The first-order valence-electron chi connectivity index (χ1n) is 7.00. The molecule has 0 saturated carbocycles. The molecule has 1 unspecified atom stereocenters. The summed E-state index contributed by atoms with van der Waals surface area (Å²) in [5.41, 5.74) is 0.935. The first-order chi connectivity index (χ1) is 10.2. The van der Waals surface area contributed by atoms with Crippen LogP contribution in [0.5, 0.6) is 0 Å². The molecule has 1 heterocycles. The van der Waals surface area contributed by atoms with E-state index in [4.69, 9.17) is 5.11 Å². The van der Waals surface area contributed by atoms with Crippen molar-refractivity contribution in [3.63, 3.8) is 0 Å². The standard InChI is InChI=1S/C15H20N2O2S2/c1-3-17(14(19)10-20-9-11(2)8-18)15-16-12-6-4-5-7-13(12)21-15/h4-7,11,18H,3,8-10H2,1-2H3.